The van der Waals surface area contributed by atoms with E-state index in [0.717, 1.165) is 36.3 Å². The number of allylic oxidation sites excluding steroid dienone is 2. The molecule has 4 nitrogen and oxygen atoms in total. The number of carbonyl (C=O) groups is 2. The molecule has 0 fully saturated rings. The second-order valence-electron chi connectivity index (χ2n) is 9.41. The van der Waals surface area contributed by atoms with Crippen LogP contribution in [0.2, 0.25) is 0 Å². The molecule has 0 bridgehead atoms. The van der Waals surface area contributed by atoms with Gasteiger partial charge in [-0.3, -0.25) is 9.59 Å². The maximum atomic E-state index is 12.5. The highest BCUT2D eigenvalue weighted by Crippen LogP contribution is 2.27. The number of nitrogens with one attached hydrogen (secondary N) is 2. The summed E-state index contributed by atoms with van der Waals surface area (Å²) < 4.78 is 0. The number of unbranched alkanes of at least 4 members (excludes halogenated alkanes) is 12. The Kier molecular flexibility index (Phi) is 19.2. The Hall–Kier alpha value is -1.75. The first-order valence-electron chi connectivity index (χ1n) is 14.0. The topological polar surface area (TPSA) is 58.2 Å². The van der Waals surface area contributed by atoms with E-state index in [2.05, 4.69) is 36.6 Å². The molecule has 35 heavy (non-hydrogen) atoms. The largest absolute Gasteiger partial charge is 0.352 e. The minimum absolute atomic E-state index is 0.0291. The number of hydrogen-bond donors (Lipinski definition) is 2. The van der Waals surface area contributed by atoms with Crippen LogP contribution in [0.5, 0.6) is 0 Å². The van der Waals surface area contributed by atoms with Crippen molar-refractivity contribution in [2.75, 3.05) is 18.1 Å². The average Bonchev–Trinajstić information content (AvgIpc) is 2.86. The van der Waals surface area contributed by atoms with Crippen molar-refractivity contribution in [2.24, 2.45) is 0 Å². The zero-order chi connectivity index (χ0) is 25.6. The molecule has 0 heterocycles. The van der Waals surface area contributed by atoms with E-state index in [1.165, 1.54) is 70.6 Å². The van der Waals surface area contributed by atoms with Crippen LogP contribution in [0.4, 0.5) is 5.69 Å². The number of hydrogen-bond acceptors (Lipinski definition) is 3. The predicted molar refractivity (Wildman–Crippen MR) is 154 cm³/mol. The molecule has 0 aliphatic carbocycles. The van der Waals surface area contributed by atoms with Gasteiger partial charge in [-0.15, -0.1) is 11.8 Å². The third-order valence-electron chi connectivity index (χ3n) is 6.22. The van der Waals surface area contributed by atoms with Crippen LogP contribution in [0.25, 0.3) is 0 Å². The first-order chi connectivity index (χ1) is 17.1. The molecule has 1 rings (SSSR count). The lowest BCUT2D eigenvalue weighted by Gasteiger charge is -2.12. The van der Waals surface area contributed by atoms with Gasteiger partial charge in [-0.05, 0) is 63.0 Å². The van der Waals surface area contributed by atoms with E-state index >= 15 is 0 Å². The minimum atomic E-state index is -0.0844. The predicted octanol–water partition coefficient (Wildman–Crippen LogP) is 8.91. The van der Waals surface area contributed by atoms with E-state index in [9.17, 15) is 9.59 Å². The normalized spacial score (nSPS) is 11.2. The van der Waals surface area contributed by atoms with Gasteiger partial charge < -0.3 is 10.6 Å². The van der Waals surface area contributed by atoms with E-state index < -0.39 is 0 Å². The molecule has 198 valence electrons. The molecule has 0 unspecified atom stereocenters. The Morgan fingerprint density at radius 3 is 2.03 bits per heavy atom. The van der Waals surface area contributed by atoms with Crippen molar-refractivity contribution in [1.82, 2.24) is 5.32 Å². The SMILES string of the molecule is CCCCCCCC/C=C\CCCCCCCC(=O)Nc1cc(C(=O)NCCCC)ccc1SC. The summed E-state index contributed by atoms with van der Waals surface area (Å²) in [6.07, 6.45) is 25.5. The van der Waals surface area contributed by atoms with Crippen LogP contribution >= 0.6 is 11.8 Å². The summed E-state index contributed by atoms with van der Waals surface area (Å²) in [5.74, 6) is -0.0553. The summed E-state index contributed by atoms with van der Waals surface area (Å²) in [5.41, 5.74) is 1.33. The van der Waals surface area contributed by atoms with Crippen molar-refractivity contribution < 1.29 is 9.59 Å². The molecule has 0 atom stereocenters. The molecule has 0 aliphatic heterocycles. The van der Waals surface area contributed by atoms with Gasteiger partial charge in [0.25, 0.3) is 5.91 Å². The fraction of sp³-hybridized carbons (Fsp3) is 0.667. The number of benzene rings is 1. The van der Waals surface area contributed by atoms with Gasteiger partial charge >= 0.3 is 0 Å². The fourth-order valence-electron chi connectivity index (χ4n) is 4.00. The fourth-order valence-corrected chi connectivity index (χ4v) is 4.53. The first kappa shape index (κ1) is 31.3. The van der Waals surface area contributed by atoms with E-state index in [1.807, 2.05) is 18.4 Å². The molecular weight excluding hydrogens is 452 g/mol. The summed E-state index contributed by atoms with van der Waals surface area (Å²) >= 11 is 1.58. The van der Waals surface area contributed by atoms with Crippen molar-refractivity contribution in [3.05, 3.63) is 35.9 Å². The summed E-state index contributed by atoms with van der Waals surface area (Å²) in [5, 5.41) is 5.96. The van der Waals surface area contributed by atoms with Crippen molar-refractivity contribution >= 4 is 29.3 Å². The Morgan fingerprint density at radius 2 is 1.40 bits per heavy atom. The van der Waals surface area contributed by atoms with Crippen LogP contribution < -0.4 is 10.6 Å². The van der Waals surface area contributed by atoms with Crippen LogP contribution in [-0.4, -0.2) is 24.6 Å². The zero-order valence-electron chi connectivity index (χ0n) is 22.6. The van der Waals surface area contributed by atoms with Gasteiger partial charge in [-0.25, -0.2) is 0 Å². The van der Waals surface area contributed by atoms with Gasteiger partial charge in [-0.2, -0.15) is 0 Å². The lowest BCUT2D eigenvalue weighted by atomic mass is 10.1. The second kappa shape index (κ2) is 21.5. The third kappa shape index (κ3) is 15.8. The van der Waals surface area contributed by atoms with Crippen LogP contribution in [0.15, 0.2) is 35.2 Å². The molecule has 0 saturated carbocycles. The Bertz CT molecular complexity index is 733. The number of amides is 2. The van der Waals surface area contributed by atoms with Crippen LogP contribution in [0.3, 0.4) is 0 Å². The Morgan fingerprint density at radius 1 is 0.800 bits per heavy atom. The van der Waals surface area contributed by atoms with Crippen molar-refractivity contribution in [3.63, 3.8) is 0 Å². The van der Waals surface area contributed by atoms with Crippen LogP contribution in [-0.2, 0) is 4.79 Å². The molecule has 5 heteroatoms. The molecular formula is C30H50N2O2S. The quantitative estimate of drug-likeness (QED) is 0.100. The highest BCUT2D eigenvalue weighted by atomic mass is 32.2. The summed E-state index contributed by atoms with van der Waals surface area (Å²) in [7, 11) is 0. The molecule has 0 aliphatic rings. The third-order valence-corrected chi connectivity index (χ3v) is 7.01. The molecule has 0 aromatic heterocycles. The van der Waals surface area contributed by atoms with Crippen molar-refractivity contribution in [3.8, 4) is 0 Å². The van der Waals surface area contributed by atoms with Crippen LogP contribution in [0.1, 0.15) is 127 Å². The zero-order valence-corrected chi connectivity index (χ0v) is 23.4. The average molecular weight is 503 g/mol. The van der Waals surface area contributed by atoms with E-state index in [1.54, 1.807) is 17.8 Å². The summed E-state index contributed by atoms with van der Waals surface area (Å²) in [6, 6.07) is 5.54. The molecule has 2 amide bonds. The van der Waals surface area contributed by atoms with Crippen molar-refractivity contribution in [1.29, 1.82) is 0 Å². The van der Waals surface area contributed by atoms with Crippen LogP contribution in [0, 0.1) is 0 Å². The highest BCUT2D eigenvalue weighted by Gasteiger charge is 2.11. The lowest BCUT2D eigenvalue weighted by molar-refractivity contribution is -0.116. The number of carbonyl (C=O) groups excluding carboxylic acids is 2. The van der Waals surface area contributed by atoms with E-state index in [-0.39, 0.29) is 11.8 Å². The monoisotopic (exact) mass is 502 g/mol. The van der Waals surface area contributed by atoms with Gasteiger partial charge in [0, 0.05) is 23.4 Å². The number of rotatable bonds is 21. The lowest BCUT2D eigenvalue weighted by Crippen LogP contribution is -2.24. The molecule has 1 aromatic rings. The number of anilines is 1. The number of thioether (sulfide) groups is 1. The highest BCUT2D eigenvalue weighted by molar-refractivity contribution is 7.98. The van der Waals surface area contributed by atoms with Gasteiger partial charge in [0.2, 0.25) is 5.91 Å². The standard InChI is InChI=1S/C30H50N2O2S/c1-4-6-8-9-10-11-12-13-14-15-16-17-18-19-20-21-29(33)32-27-25-26(22-23-28(27)35-3)30(34)31-24-7-5-2/h13-14,22-23,25H,4-12,15-21,24H2,1-3H3,(H,31,34)(H,32,33)/b14-13-. The van der Waals surface area contributed by atoms with Gasteiger partial charge in [0.1, 0.15) is 0 Å². The van der Waals surface area contributed by atoms with E-state index in [4.69, 9.17) is 0 Å². The smallest absolute Gasteiger partial charge is 0.251 e. The molecule has 0 spiro atoms. The van der Waals surface area contributed by atoms with E-state index in [0.29, 0.717) is 18.5 Å². The molecule has 0 saturated heterocycles. The van der Waals surface area contributed by atoms with Gasteiger partial charge in [0.15, 0.2) is 0 Å². The maximum absolute atomic E-state index is 12.5. The summed E-state index contributed by atoms with van der Waals surface area (Å²) in [4.78, 5) is 25.8. The van der Waals surface area contributed by atoms with Crippen molar-refractivity contribution in [2.45, 2.75) is 121 Å². The minimum Gasteiger partial charge on any atom is -0.352 e. The van der Waals surface area contributed by atoms with Gasteiger partial charge in [0.05, 0.1) is 5.69 Å². The Labute approximate surface area is 219 Å². The van der Waals surface area contributed by atoms with Gasteiger partial charge in [-0.1, -0.05) is 83.8 Å². The molecule has 2 N–H and O–H groups in total. The molecule has 1 aromatic carbocycles. The molecule has 0 radical (unpaired) electrons. The summed E-state index contributed by atoms with van der Waals surface area (Å²) in [6.45, 7) is 5.04. The Balaban J connectivity index is 2.18. The first-order valence-corrected chi connectivity index (χ1v) is 15.3. The maximum Gasteiger partial charge on any atom is 0.251 e. The second-order valence-corrected chi connectivity index (χ2v) is 10.3.